The summed E-state index contributed by atoms with van der Waals surface area (Å²) in [5.74, 6) is -0.363. The number of carbonyl (C=O) groups is 1. The quantitative estimate of drug-likeness (QED) is 0.0822. The number of nitrogens with zero attached hydrogens (tertiary/aromatic N) is 5. The normalized spacial score (nSPS) is 19.5. The van der Waals surface area contributed by atoms with Crippen LogP contribution in [-0.2, 0) is 21.2 Å². The van der Waals surface area contributed by atoms with Crippen LogP contribution >= 0.6 is 11.6 Å². The summed E-state index contributed by atoms with van der Waals surface area (Å²) in [6, 6.07) is 19.3. The zero-order valence-electron chi connectivity index (χ0n) is 36.1. The molecule has 1 atom stereocenters. The van der Waals surface area contributed by atoms with Gasteiger partial charge in [-0.3, -0.25) is 24.7 Å². The molecular weight excluding hydrogens is 856 g/mol. The minimum atomic E-state index is -4.59. The highest BCUT2D eigenvalue weighted by atomic mass is 35.5. The molecule has 336 valence electrons. The Morgan fingerprint density at radius 1 is 1.02 bits per heavy atom. The smallest absolute Gasteiger partial charge is 0.276 e. The Bertz CT molecular complexity index is 2710. The fourth-order valence-electron chi connectivity index (χ4n) is 9.43. The first-order valence-electron chi connectivity index (χ1n) is 21.9. The Labute approximate surface area is 378 Å². The number of nitrogens with one attached hydrogen (secondary N) is 3. The molecule has 3 aromatic carbocycles. The van der Waals surface area contributed by atoms with E-state index in [2.05, 4.69) is 60.7 Å². The maximum absolute atomic E-state index is 14.1. The van der Waals surface area contributed by atoms with Crippen LogP contribution in [-0.4, -0.2) is 111 Å². The van der Waals surface area contributed by atoms with Crippen molar-refractivity contribution in [1.29, 1.82) is 0 Å². The Kier molecular flexibility index (Phi) is 12.4. The van der Waals surface area contributed by atoms with Crippen LogP contribution in [0.2, 0.25) is 5.02 Å². The summed E-state index contributed by atoms with van der Waals surface area (Å²) in [4.78, 5) is 40.0. The number of sulfonamides is 1. The van der Waals surface area contributed by atoms with Crippen LogP contribution < -0.4 is 19.7 Å². The van der Waals surface area contributed by atoms with Crippen LogP contribution in [0.1, 0.15) is 54.6 Å². The van der Waals surface area contributed by atoms with E-state index in [4.69, 9.17) is 21.1 Å². The van der Waals surface area contributed by atoms with Crippen molar-refractivity contribution >= 4 is 61.2 Å². The number of hydrogen-bond acceptors (Lipinski definition) is 12. The van der Waals surface area contributed by atoms with Crippen molar-refractivity contribution in [2.24, 2.45) is 11.3 Å². The summed E-state index contributed by atoms with van der Waals surface area (Å²) < 4.78 is 41.9. The molecule has 5 heterocycles. The van der Waals surface area contributed by atoms with Crippen LogP contribution in [0.3, 0.4) is 0 Å². The van der Waals surface area contributed by atoms with E-state index in [1.807, 2.05) is 18.2 Å². The number of aromatic amines is 1. The second-order valence-corrected chi connectivity index (χ2v) is 20.2. The Morgan fingerprint density at radius 2 is 1.80 bits per heavy atom. The summed E-state index contributed by atoms with van der Waals surface area (Å²) in [5, 5.41) is 17.1. The first kappa shape index (κ1) is 43.7. The van der Waals surface area contributed by atoms with Gasteiger partial charge in [-0.05, 0) is 90.6 Å². The van der Waals surface area contributed by atoms with Gasteiger partial charge in [0.05, 0.1) is 40.4 Å². The lowest BCUT2D eigenvalue weighted by Gasteiger charge is -2.39. The van der Waals surface area contributed by atoms with Crippen molar-refractivity contribution in [2.45, 2.75) is 44.4 Å². The maximum atomic E-state index is 14.1. The molecule has 64 heavy (non-hydrogen) atoms. The molecule has 2 saturated heterocycles. The standard InChI is InChI=1S/C47H53ClN8O7S/c1-47(2)11-9-34(41(26-47)32-3-5-35(48)6-4-32)30-53-13-15-55(16-14-53)36-7-8-39(44(23-36)63-37-22-33-10-12-49-45(33)51-28-37)46(57)52-64(60,61)38-24-42-40(43(25-38)56(58)59)21-31(27-50-42)29-54-17-19-62-20-18-54/h3-8,10,12,22-25,28,31,50H,9,11,13-21,26-27,29-30H2,1-2H3,(H,49,51)(H,52,57)/t31-/m0/s1. The molecule has 2 fully saturated rings. The van der Waals surface area contributed by atoms with Crippen molar-refractivity contribution in [3.8, 4) is 11.5 Å². The van der Waals surface area contributed by atoms with Crippen molar-refractivity contribution < 1.29 is 27.6 Å². The molecule has 1 aliphatic carbocycles. The number of piperazine rings is 1. The molecule has 0 spiro atoms. The van der Waals surface area contributed by atoms with Gasteiger partial charge in [0.1, 0.15) is 17.1 Å². The van der Waals surface area contributed by atoms with Crippen LogP contribution in [0.5, 0.6) is 11.5 Å². The number of ether oxygens (including phenoxy) is 2. The average molecular weight is 910 g/mol. The molecule has 0 bridgehead atoms. The summed E-state index contributed by atoms with van der Waals surface area (Å²) in [6.07, 6.45) is 6.91. The molecule has 3 N–H and O–H groups in total. The van der Waals surface area contributed by atoms with Gasteiger partial charge in [-0.1, -0.05) is 43.2 Å². The highest BCUT2D eigenvalue weighted by Crippen LogP contribution is 2.44. The zero-order chi connectivity index (χ0) is 44.6. The van der Waals surface area contributed by atoms with Crippen LogP contribution in [0.4, 0.5) is 17.1 Å². The third-order valence-electron chi connectivity index (χ3n) is 13.0. The number of allylic oxidation sites excluding steroid dienone is 1. The number of anilines is 2. The molecule has 1 amide bonds. The Morgan fingerprint density at radius 3 is 2.56 bits per heavy atom. The monoisotopic (exact) mass is 908 g/mol. The van der Waals surface area contributed by atoms with Gasteiger partial charge >= 0.3 is 0 Å². The lowest BCUT2D eigenvalue weighted by molar-refractivity contribution is -0.385. The summed E-state index contributed by atoms with van der Waals surface area (Å²) >= 11 is 6.25. The van der Waals surface area contributed by atoms with Crippen molar-refractivity contribution in [2.75, 3.05) is 82.3 Å². The van der Waals surface area contributed by atoms with Crippen LogP contribution in [0.15, 0.2) is 89.6 Å². The Balaban J connectivity index is 0.938. The van der Waals surface area contributed by atoms with E-state index in [-0.39, 0.29) is 28.3 Å². The van der Waals surface area contributed by atoms with E-state index < -0.39 is 25.7 Å². The fraction of sp³-hybridized carbons (Fsp3) is 0.404. The molecule has 4 aliphatic rings. The van der Waals surface area contributed by atoms with Gasteiger partial charge in [-0.25, -0.2) is 18.1 Å². The topological polar surface area (TPSA) is 175 Å². The molecule has 0 saturated carbocycles. The number of nitro benzene ring substituents is 1. The Hall–Kier alpha value is -5.52. The number of rotatable bonds is 12. The van der Waals surface area contributed by atoms with Gasteiger partial charge in [-0.2, -0.15) is 0 Å². The number of nitro groups is 1. The second-order valence-electron chi connectivity index (χ2n) is 18.1. The molecule has 9 rings (SSSR count). The number of carbonyl (C=O) groups excluding carboxylic acids is 1. The SMILES string of the molecule is CC1(C)CCC(CN2CCN(c3ccc(C(=O)NS(=O)(=O)c4cc5c(c([N+](=O)[O-])c4)C[C@H](CN4CCOCC4)CN5)c(Oc4cnc5[nH]ccc5c4)c3)CC2)=C(c2ccc(Cl)cc2)C1. The van der Waals surface area contributed by atoms with E-state index >= 15 is 0 Å². The number of H-pyrrole nitrogens is 1. The number of morpholine rings is 1. The molecule has 0 radical (unpaired) electrons. The molecule has 2 aromatic heterocycles. The fourth-order valence-corrected chi connectivity index (χ4v) is 10.6. The largest absolute Gasteiger partial charge is 0.455 e. The van der Waals surface area contributed by atoms with Crippen molar-refractivity contribution in [1.82, 2.24) is 24.5 Å². The van der Waals surface area contributed by atoms with E-state index in [9.17, 15) is 23.3 Å². The van der Waals surface area contributed by atoms with Gasteiger partial charge < -0.3 is 24.7 Å². The highest BCUT2D eigenvalue weighted by molar-refractivity contribution is 7.90. The first-order valence-corrected chi connectivity index (χ1v) is 23.7. The number of hydrogen-bond donors (Lipinski definition) is 3. The molecule has 15 nitrogen and oxygen atoms in total. The van der Waals surface area contributed by atoms with Gasteiger partial charge in [0.2, 0.25) is 0 Å². The van der Waals surface area contributed by atoms with Crippen LogP contribution in [0.25, 0.3) is 16.6 Å². The van der Waals surface area contributed by atoms with Crippen LogP contribution in [0, 0.1) is 21.4 Å². The lowest BCUT2D eigenvalue weighted by Crippen LogP contribution is -2.47. The van der Waals surface area contributed by atoms with Gasteiger partial charge in [0.15, 0.2) is 0 Å². The molecule has 3 aliphatic heterocycles. The number of pyridine rings is 1. The number of fused-ring (bicyclic) bond motifs is 2. The summed E-state index contributed by atoms with van der Waals surface area (Å²) in [7, 11) is -4.59. The molecular formula is C47H53ClN8O7S. The minimum absolute atomic E-state index is 0.0291. The second kappa shape index (κ2) is 18.2. The number of aromatic nitrogens is 2. The third-order valence-corrected chi connectivity index (χ3v) is 14.5. The van der Waals surface area contributed by atoms with E-state index in [0.29, 0.717) is 48.8 Å². The molecule has 5 aromatic rings. The number of benzene rings is 3. The highest BCUT2D eigenvalue weighted by Gasteiger charge is 2.33. The number of amides is 1. The van der Waals surface area contributed by atoms with E-state index in [1.165, 1.54) is 29.0 Å². The van der Waals surface area contributed by atoms with Gasteiger partial charge in [-0.15, -0.1) is 0 Å². The maximum Gasteiger partial charge on any atom is 0.276 e. The van der Waals surface area contributed by atoms with Crippen molar-refractivity contribution in [3.05, 3.63) is 117 Å². The average Bonchev–Trinajstić information content (AvgIpc) is 3.75. The number of halogens is 1. The summed E-state index contributed by atoms with van der Waals surface area (Å²) in [6.45, 7) is 12.8. The predicted molar refractivity (Wildman–Crippen MR) is 248 cm³/mol. The van der Waals surface area contributed by atoms with E-state index in [0.717, 1.165) is 93.8 Å². The first-order chi connectivity index (χ1) is 30.8. The van der Waals surface area contributed by atoms with E-state index in [1.54, 1.807) is 30.5 Å². The predicted octanol–water partition coefficient (Wildman–Crippen LogP) is 7.74. The van der Waals surface area contributed by atoms with Gasteiger partial charge in [0, 0.05) is 99.0 Å². The van der Waals surface area contributed by atoms with Crippen molar-refractivity contribution in [3.63, 3.8) is 0 Å². The lowest BCUT2D eigenvalue weighted by atomic mass is 9.72. The molecule has 0 unspecified atom stereocenters. The minimum Gasteiger partial charge on any atom is -0.455 e. The van der Waals surface area contributed by atoms with Gasteiger partial charge in [0.25, 0.3) is 21.6 Å². The summed E-state index contributed by atoms with van der Waals surface area (Å²) in [5.41, 5.74) is 6.28. The molecule has 17 heteroatoms. The third kappa shape index (κ3) is 9.76. The zero-order valence-corrected chi connectivity index (χ0v) is 37.6.